The molecule has 2 aromatic carbocycles. The van der Waals surface area contributed by atoms with Crippen LogP contribution in [0.5, 0.6) is 11.5 Å². The lowest BCUT2D eigenvalue weighted by atomic mass is 10.0. The minimum atomic E-state index is -0.407. The molecule has 0 amide bonds. The number of ether oxygens (including phenoxy) is 2. The second-order valence-electron chi connectivity index (χ2n) is 6.91. The van der Waals surface area contributed by atoms with E-state index in [1.807, 2.05) is 24.3 Å². The highest BCUT2D eigenvalue weighted by Crippen LogP contribution is 2.41. The normalized spacial score (nSPS) is 15.1. The van der Waals surface area contributed by atoms with Gasteiger partial charge in [-0.2, -0.15) is 0 Å². The van der Waals surface area contributed by atoms with E-state index in [4.69, 9.17) is 21.7 Å². The van der Waals surface area contributed by atoms with Gasteiger partial charge in [0, 0.05) is 5.56 Å². The Labute approximate surface area is 174 Å². The number of anilines is 1. The molecular formula is C21H23N5O2S. The Morgan fingerprint density at radius 3 is 2.93 bits per heavy atom. The third-order valence-corrected chi connectivity index (χ3v) is 5.18. The van der Waals surface area contributed by atoms with Crippen LogP contribution in [0.1, 0.15) is 49.2 Å². The molecule has 1 aliphatic heterocycles. The number of nitrogens with one attached hydrogen (secondary N) is 2. The van der Waals surface area contributed by atoms with E-state index in [0.29, 0.717) is 28.9 Å². The van der Waals surface area contributed by atoms with Gasteiger partial charge in [0.1, 0.15) is 11.6 Å². The van der Waals surface area contributed by atoms with E-state index in [0.717, 1.165) is 24.1 Å². The Balaban J connectivity index is 1.55. The number of H-pyrrole nitrogens is 1. The highest BCUT2D eigenvalue weighted by molar-refractivity contribution is 7.81. The monoisotopic (exact) mass is 409 g/mol. The number of hydrogen-bond donors (Lipinski definition) is 2. The molecule has 0 spiro atoms. The van der Waals surface area contributed by atoms with Gasteiger partial charge in [0.25, 0.3) is 0 Å². The molecule has 0 fully saturated rings. The average molecular weight is 410 g/mol. The van der Waals surface area contributed by atoms with Crippen molar-refractivity contribution < 1.29 is 9.47 Å². The van der Waals surface area contributed by atoms with Crippen LogP contribution in [0.3, 0.4) is 0 Å². The van der Waals surface area contributed by atoms with E-state index < -0.39 is 6.10 Å². The Morgan fingerprint density at radius 1 is 1.21 bits per heavy atom. The number of aryl methyl sites for hydroxylation is 1. The average Bonchev–Trinajstić information content (AvgIpc) is 3.29. The van der Waals surface area contributed by atoms with E-state index in [2.05, 4.69) is 51.1 Å². The number of fused-ring (bicyclic) bond motifs is 1. The number of tetrazole rings is 1. The SMILES string of the molecule is CCCCCc1ccccc1C(=S)Nc1cccc2c1OC(c1nnn[nH]1)CO2. The van der Waals surface area contributed by atoms with Gasteiger partial charge in [-0.3, -0.25) is 0 Å². The summed E-state index contributed by atoms with van der Waals surface area (Å²) in [5.41, 5.74) is 3.06. The van der Waals surface area contributed by atoms with Gasteiger partial charge in [-0.1, -0.05) is 62.3 Å². The number of aromatic amines is 1. The van der Waals surface area contributed by atoms with Gasteiger partial charge >= 0.3 is 0 Å². The van der Waals surface area contributed by atoms with E-state index in [9.17, 15) is 0 Å². The molecule has 1 aromatic heterocycles. The smallest absolute Gasteiger partial charge is 0.193 e. The molecule has 4 rings (SSSR count). The molecule has 1 unspecified atom stereocenters. The van der Waals surface area contributed by atoms with Gasteiger partial charge in [0.2, 0.25) is 0 Å². The predicted octanol–water partition coefficient (Wildman–Crippen LogP) is 4.23. The van der Waals surface area contributed by atoms with Gasteiger partial charge in [-0.25, -0.2) is 5.10 Å². The molecule has 0 radical (unpaired) electrons. The van der Waals surface area contributed by atoms with E-state index in [1.165, 1.54) is 18.4 Å². The Kier molecular flexibility index (Phi) is 6.00. The standard InChI is InChI=1S/C21H23N5O2S/c1-2-3-4-8-14-9-5-6-10-15(14)21(29)22-16-11-7-12-17-19(16)28-18(13-27-17)20-23-25-26-24-20/h5-7,9-12,18H,2-4,8,13H2,1H3,(H,22,29)(H,23,24,25,26). The summed E-state index contributed by atoms with van der Waals surface area (Å²) in [4.78, 5) is 0.664. The topological polar surface area (TPSA) is 85.0 Å². The van der Waals surface area contributed by atoms with Crippen LogP contribution in [-0.4, -0.2) is 32.2 Å². The van der Waals surface area contributed by atoms with Gasteiger partial charge in [0.05, 0.1) is 5.69 Å². The van der Waals surface area contributed by atoms with Crippen molar-refractivity contribution in [3.63, 3.8) is 0 Å². The molecule has 0 aliphatic carbocycles. The molecule has 150 valence electrons. The Hall–Kier alpha value is -3.00. The Bertz CT molecular complexity index is 977. The van der Waals surface area contributed by atoms with E-state index >= 15 is 0 Å². The first-order chi connectivity index (χ1) is 14.3. The lowest BCUT2D eigenvalue weighted by Crippen LogP contribution is -2.24. The van der Waals surface area contributed by atoms with Gasteiger partial charge < -0.3 is 14.8 Å². The zero-order chi connectivity index (χ0) is 20.1. The molecule has 2 N–H and O–H groups in total. The first-order valence-electron chi connectivity index (χ1n) is 9.81. The number of thiocarbonyl (C=S) groups is 1. The summed E-state index contributed by atoms with van der Waals surface area (Å²) in [5.74, 6) is 1.79. The lowest BCUT2D eigenvalue weighted by Gasteiger charge is -2.27. The van der Waals surface area contributed by atoms with Crippen molar-refractivity contribution >= 4 is 22.9 Å². The molecule has 7 nitrogen and oxygen atoms in total. The van der Waals surface area contributed by atoms with E-state index in [-0.39, 0.29) is 0 Å². The number of unbranched alkanes of at least 4 members (excludes halogenated alkanes) is 2. The third-order valence-electron chi connectivity index (χ3n) is 4.86. The third kappa shape index (κ3) is 4.37. The second-order valence-corrected chi connectivity index (χ2v) is 7.31. The number of rotatable bonds is 7. The minimum Gasteiger partial charge on any atom is -0.485 e. The van der Waals surface area contributed by atoms with Crippen LogP contribution in [0, 0.1) is 0 Å². The lowest BCUT2D eigenvalue weighted by molar-refractivity contribution is 0.0861. The van der Waals surface area contributed by atoms with Crippen molar-refractivity contribution in [3.8, 4) is 11.5 Å². The zero-order valence-electron chi connectivity index (χ0n) is 16.2. The number of benzene rings is 2. The van der Waals surface area contributed by atoms with Crippen molar-refractivity contribution in [3.05, 3.63) is 59.4 Å². The molecule has 2 heterocycles. The molecule has 8 heteroatoms. The molecular weight excluding hydrogens is 386 g/mol. The molecule has 1 atom stereocenters. The zero-order valence-corrected chi connectivity index (χ0v) is 17.0. The number of para-hydroxylation sites is 1. The highest BCUT2D eigenvalue weighted by Gasteiger charge is 2.27. The van der Waals surface area contributed by atoms with Crippen LogP contribution < -0.4 is 14.8 Å². The second kappa shape index (κ2) is 9.00. The fourth-order valence-corrected chi connectivity index (χ4v) is 3.65. The summed E-state index contributed by atoms with van der Waals surface area (Å²) < 4.78 is 12.0. The van der Waals surface area contributed by atoms with Crippen LogP contribution in [0.2, 0.25) is 0 Å². The molecule has 29 heavy (non-hydrogen) atoms. The summed E-state index contributed by atoms with van der Waals surface area (Å²) in [6.45, 7) is 2.54. The maximum absolute atomic E-state index is 6.13. The first-order valence-corrected chi connectivity index (χ1v) is 10.2. The number of aromatic nitrogens is 4. The summed E-state index contributed by atoms with van der Waals surface area (Å²) >= 11 is 5.74. The molecule has 0 saturated heterocycles. The summed E-state index contributed by atoms with van der Waals surface area (Å²) in [6.07, 6.45) is 4.17. The number of nitrogens with zero attached hydrogens (tertiary/aromatic N) is 3. The van der Waals surface area contributed by atoms with E-state index in [1.54, 1.807) is 0 Å². The number of hydrogen-bond acceptors (Lipinski definition) is 6. The van der Waals surface area contributed by atoms with Gasteiger partial charge in [0.15, 0.2) is 23.4 Å². The highest BCUT2D eigenvalue weighted by atomic mass is 32.1. The minimum absolute atomic E-state index is 0.331. The van der Waals surface area contributed by atoms with Crippen molar-refractivity contribution in [2.24, 2.45) is 0 Å². The molecule has 0 bridgehead atoms. The molecule has 0 saturated carbocycles. The molecule has 3 aromatic rings. The van der Waals surface area contributed by atoms with Crippen LogP contribution in [0.4, 0.5) is 5.69 Å². The fourth-order valence-electron chi connectivity index (χ4n) is 3.34. The quantitative estimate of drug-likeness (QED) is 0.446. The summed E-state index contributed by atoms with van der Waals surface area (Å²) in [5, 5.41) is 17.2. The largest absolute Gasteiger partial charge is 0.485 e. The summed E-state index contributed by atoms with van der Waals surface area (Å²) in [6, 6.07) is 14.0. The first kappa shape index (κ1) is 19.3. The van der Waals surface area contributed by atoms with Gasteiger partial charge in [-0.05, 0) is 41.0 Å². The van der Waals surface area contributed by atoms with Crippen molar-refractivity contribution in [2.45, 2.75) is 38.7 Å². The van der Waals surface area contributed by atoms with Crippen LogP contribution >= 0.6 is 12.2 Å². The predicted molar refractivity (Wildman–Crippen MR) is 114 cm³/mol. The maximum atomic E-state index is 6.13. The van der Waals surface area contributed by atoms with Crippen molar-refractivity contribution in [1.29, 1.82) is 0 Å². The van der Waals surface area contributed by atoms with Crippen LogP contribution in [0.25, 0.3) is 0 Å². The van der Waals surface area contributed by atoms with Crippen molar-refractivity contribution in [2.75, 3.05) is 11.9 Å². The summed E-state index contributed by atoms with van der Waals surface area (Å²) in [7, 11) is 0. The van der Waals surface area contributed by atoms with Crippen LogP contribution in [0.15, 0.2) is 42.5 Å². The Morgan fingerprint density at radius 2 is 2.10 bits per heavy atom. The maximum Gasteiger partial charge on any atom is 0.193 e. The van der Waals surface area contributed by atoms with Crippen LogP contribution in [-0.2, 0) is 6.42 Å². The molecule has 1 aliphatic rings. The van der Waals surface area contributed by atoms with Gasteiger partial charge in [-0.15, -0.1) is 5.10 Å². The van der Waals surface area contributed by atoms with Crippen molar-refractivity contribution in [1.82, 2.24) is 20.6 Å². The fraction of sp³-hybridized carbons (Fsp3) is 0.333.